The van der Waals surface area contributed by atoms with Crippen molar-refractivity contribution in [1.82, 2.24) is 5.32 Å². The minimum Gasteiger partial charge on any atom is -0.494 e. The Balaban J connectivity index is 2.08. The minimum absolute atomic E-state index is 0.225. The molecule has 1 N–H and O–H groups in total. The number of methoxy groups -OCH3 is 1. The molecular weight excluding hydrogens is 430 g/mol. The summed E-state index contributed by atoms with van der Waals surface area (Å²) >= 11 is 0. The molecule has 0 aliphatic rings. The van der Waals surface area contributed by atoms with Gasteiger partial charge in [0.15, 0.2) is 0 Å². The third-order valence-electron chi connectivity index (χ3n) is 5.82. The molecule has 6 nitrogen and oxygen atoms in total. The molecule has 1 atom stereocenters. The summed E-state index contributed by atoms with van der Waals surface area (Å²) in [4.78, 5) is 25.3. The first kappa shape index (κ1) is 27.2. The van der Waals surface area contributed by atoms with E-state index in [2.05, 4.69) is 12.2 Å². The van der Waals surface area contributed by atoms with E-state index >= 15 is 0 Å². The maximum Gasteiger partial charge on any atom is 0.407 e. The van der Waals surface area contributed by atoms with Crippen molar-refractivity contribution in [3.63, 3.8) is 0 Å². The largest absolute Gasteiger partial charge is 0.494 e. The molecule has 2 rings (SSSR count). The molecule has 2 aromatic carbocycles. The van der Waals surface area contributed by atoms with Gasteiger partial charge in [0, 0.05) is 6.42 Å². The normalized spacial score (nSPS) is 12.4. The topological polar surface area (TPSA) is 73.9 Å². The number of alkyl carbamates (subject to hydrolysis) is 1. The summed E-state index contributed by atoms with van der Waals surface area (Å²) in [5.74, 6) is 0.375. The fourth-order valence-electron chi connectivity index (χ4n) is 3.89. The maximum atomic E-state index is 13.1. The highest BCUT2D eigenvalue weighted by atomic mass is 16.5. The first-order valence-corrected chi connectivity index (χ1v) is 12.3. The van der Waals surface area contributed by atoms with Gasteiger partial charge in [-0.3, -0.25) is 0 Å². The molecule has 0 saturated carbocycles. The number of aryl methyl sites for hydroxylation is 1. The van der Waals surface area contributed by atoms with Crippen LogP contribution in [0.3, 0.4) is 0 Å². The van der Waals surface area contributed by atoms with Crippen LogP contribution >= 0.6 is 0 Å². The molecule has 0 aliphatic heterocycles. The van der Waals surface area contributed by atoms with Crippen LogP contribution < -0.4 is 10.1 Å². The van der Waals surface area contributed by atoms with Crippen LogP contribution in [-0.4, -0.2) is 37.9 Å². The number of nitrogens with one attached hydrogen (secondary N) is 1. The van der Waals surface area contributed by atoms with Gasteiger partial charge in [0.25, 0.3) is 0 Å². The van der Waals surface area contributed by atoms with Crippen molar-refractivity contribution in [3.05, 3.63) is 65.7 Å². The van der Waals surface area contributed by atoms with Crippen LogP contribution in [0.5, 0.6) is 5.75 Å². The van der Waals surface area contributed by atoms with Crippen LogP contribution in [0.4, 0.5) is 4.79 Å². The molecule has 0 spiro atoms. The second kappa shape index (κ2) is 15.0. The quantitative estimate of drug-likeness (QED) is 0.261. The lowest BCUT2D eigenvalue weighted by atomic mass is 9.85. The van der Waals surface area contributed by atoms with Gasteiger partial charge in [-0.05, 0) is 49.4 Å². The number of carbonyl (C=O) groups is 2. The molecule has 0 aliphatic carbocycles. The Morgan fingerprint density at radius 1 is 0.882 bits per heavy atom. The van der Waals surface area contributed by atoms with E-state index in [1.807, 2.05) is 54.6 Å². The number of esters is 1. The summed E-state index contributed by atoms with van der Waals surface area (Å²) in [7, 11) is 1.29. The molecule has 1 unspecified atom stereocenters. The van der Waals surface area contributed by atoms with E-state index in [0.29, 0.717) is 19.3 Å². The average molecular weight is 470 g/mol. The van der Waals surface area contributed by atoms with Gasteiger partial charge in [0.05, 0.1) is 20.3 Å². The van der Waals surface area contributed by atoms with Crippen molar-refractivity contribution in [2.45, 2.75) is 70.8 Å². The summed E-state index contributed by atoms with van der Waals surface area (Å²) in [5.41, 5.74) is 0.733. The number of amides is 1. The molecule has 0 fully saturated rings. The molecule has 0 aromatic heterocycles. The highest BCUT2D eigenvalue weighted by molar-refractivity contribution is 5.86. The van der Waals surface area contributed by atoms with Crippen molar-refractivity contribution in [2.24, 2.45) is 0 Å². The predicted octanol–water partition coefficient (Wildman–Crippen LogP) is 5.87. The van der Waals surface area contributed by atoms with Gasteiger partial charge in [-0.1, -0.05) is 75.1 Å². The smallest absolute Gasteiger partial charge is 0.407 e. The highest BCUT2D eigenvalue weighted by Gasteiger charge is 2.41. The Bertz CT molecular complexity index is 853. The maximum absolute atomic E-state index is 13.1. The van der Waals surface area contributed by atoms with E-state index in [-0.39, 0.29) is 6.61 Å². The van der Waals surface area contributed by atoms with Crippen LogP contribution in [0.25, 0.3) is 0 Å². The predicted molar refractivity (Wildman–Crippen MR) is 134 cm³/mol. The third kappa shape index (κ3) is 9.08. The Hall–Kier alpha value is -3.02. The van der Waals surface area contributed by atoms with Crippen molar-refractivity contribution in [2.75, 3.05) is 20.3 Å². The summed E-state index contributed by atoms with van der Waals surface area (Å²) < 4.78 is 16.1. The highest BCUT2D eigenvalue weighted by Crippen LogP contribution is 2.24. The molecule has 2 aromatic rings. The summed E-state index contributed by atoms with van der Waals surface area (Å²) in [6, 6.07) is 17.5. The van der Waals surface area contributed by atoms with Gasteiger partial charge >= 0.3 is 12.1 Å². The standard InChI is InChI=1S/C28H39NO5/c1-4-6-7-8-12-21-34-25-17-15-23(16-18-25)19-20-28(26(30)33-5-2,29-27(31)32-3)22-24-13-10-9-11-14-24/h9-11,13-18H,4-8,12,19-22H2,1-3H3,(H,29,31). The van der Waals surface area contributed by atoms with Gasteiger partial charge in [-0.25, -0.2) is 9.59 Å². The number of ether oxygens (including phenoxy) is 3. The summed E-state index contributed by atoms with van der Waals surface area (Å²) in [6.45, 7) is 4.91. The van der Waals surface area contributed by atoms with Crippen molar-refractivity contribution in [1.29, 1.82) is 0 Å². The zero-order valence-corrected chi connectivity index (χ0v) is 20.8. The Morgan fingerprint density at radius 3 is 2.24 bits per heavy atom. The van der Waals surface area contributed by atoms with E-state index in [1.165, 1.54) is 32.8 Å². The van der Waals surface area contributed by atoms with Crippen LogP contribution in [0.15, 0.2) is 54.6 Å². The number of hydrogen-bond donors (Lipinski definition) is 1. The lowest BCUT2D eigenvalue weighted by molar-refractivity contribution is -0.151. The Kier molecular flexibility index (Phi) is 12.0. The van der Waals surface area contributed by atoms with Crippen molar-refractivity contribution in [3.8, 4) is 5.75 Å². The lowest BCUT2D eigenvalue weighted by Gasteiger charge is -2.32. The summed E-state index contributed by atoms with van der Waals surface area (Å²) in [5, 5.41) is 2.78. The Labute approximate surface area is 204 Å². The zero-order valence-electron chi connectivity index (χ0n) is 20.8. The second-order valence-corrected chi connectivity index (χ2v) is 8.49. The van der Waals surface area contributed by atoms with Crippen LogP contribution in [-0.2, 0) is 27.1 Å². The third-order valence-corrected chi connectivity index (χ3v) is 5.82. The van der Waals surface area contributed by atoms with Crippen LogP contribution in [0.1, 0.15) is 63.5 Å². The molecule has 34 heavy (non-hydrogen) atoms. The van der Waals surface area contributed by atoms with Crippen LogP contribution in [0.2, 0.25) is 0 Å². The number of benzene rings is 2. The Morgan fingerprint density at radius 2 is 1.59 bits per heavy atom. The molecule has 0 heterocycles. The number of hydrogen-bond acceptors (Lipinski definition) is 5. The van der Waals surface area contributed by atoms with E-state index in [1.54, 1.807) is 6.92 Å². The molecule has 6 heteroatoms. The zero-order chi connectivity index (χ0) is 24.7. The molecular formula is C28H39NO5. The monoisotopic (exact) mass is 469 g/mol. The number of unbranched alkanes of at least 4 members (excludes halogenated alkanes) is 4. The lowest BCUT2D eigenvalue weighted by Crippen LogP contribution is -2.57. The fourth-order valence-corrected chi connectivity index (χ4v) is 3.89. The number of rotatable bonds is 15. The van der Waals surface area contributed by atoms with Crippen molar-refractivity contribution >= 4 is 12.1 Å². The van der Waals surface area contributed by atoms with Gasteiger partial charge in [0.1, 0.15) is 11.3 Å². The summed E-state index contributed by atoms with van der Waals surface area (Å²) in [6.07, 6.45) is 6.60. The van der Waals surface area contributed by atoms with Crippen molar-refractivity contribution < 1.29 is 23.8 Å². The fraction of sp³-hybridized carbons (Fsp3) is 0.500. The van der Waals surface area contributed by atoms with Gasteiger partial charge < -0.3 is 19.5 Å². The van der Waals surface area contributed by atoms with E-state index in [9.17, 15) is 9.59 Å². The molecule has 0 radical (unpaired) electrons. The minimum atomic E-state index is -1.24. The molecule has 1 amide bonds. The average Bonchev–Trinajstić information content (AvgIpc) is 2.86. The SMILES string of the molecule is CCCCCCCOc1ccc(CCC(Cc2ccccc2)(NC(=O)OC)C(=O)OCC)cc1. The van der Waals surface area contributed by atoms with Gasteiger partial charge in [0.2, 0.25) is 0 Å². The first-order valence-electron chi connectivity index (χ1n) is 12.3. The molecule has 0 bridgehead atoms. The molecule has 186 valence electrons. The first-order chi connectivity index (χ1) is 16.5. The second-order valence-electron chi connectivity index (χ2n) is 8.49. The van der Waals surface area contributed by atoms with Crippen LogP contribution in [0, 0.1) is 0 Å². The van der Waals surface area contributed by atoms with E-state index < -0.39 is 17.6 Å². The van der Waals surface area contributed by atoms with Gasteiger partial charge in [-0.15, -0.1) is 0 Å². The van der Waals surface area contributed by atoms with E-state index in [0.717, 1.165) is 29.9 Å². The number of carbonyl (C=O) groups excluding carboxylic acids is 2. The van der Waals surface area contributed by atoms with E-state index in [4.69, 9.17) is 14.2 Å². The van der Waals surface area contributed by atoms with Gasteiger partial charge in [-0.2, -0.15) is 0 Å². The molecule has 0 saturated heterocycles.